The van der Waals surface area contributed by atoms with Gasteiger partial charge >= 0.3 is 0 Å². The number of H-pyrrole nitrogens is 1. The lowest BCUT2D eigenvalue weighted by Crippen LogP contribution is -2.48. The summed E-state index contributed by atoms with van der Waals surface area (Å²) in [5, 5.41) is 0.522. The molecule has 4 rings (SSSR count). The number of fused-ring (bicyclic) bond motifs is 2. The van der Waals surface area contributed by atoms with Crippen molar-refractivity contribution in [3.05, 3.63) is 64.7 Å². The maximum atomic E-state index is 13.1. The molecule has 1 aromatic heterocycles. The van der Waals surface area contributed by atoms with Gasteiger partial charge < -0.3 is 19.4 Å². The van der Waals surface area contributed by atoms with Gasteiger partial charge in [-0.1, -0.05) is 24.3 Å². The van der Waals surface area contributed by atoms with Crippen molar-refractivity contribution in [2.24, 2.45) is 0 Å². The number of nitrogens with one attached hydrogen (secondary N) is 1. The highest BCUT2D eigenvalue weighted by molar-refractivity contribution is 5.82. The summed E-state index contributed by atoms with van der Waals surface area (Å²) < 4.78 is 11.5. The highest BCUT2D eigenvalue weighted by Crippen LogP contribution is 2.31. The van der Waals surface area contributed by atoms with Gasteiger partial charge in [0, 0.05) is 6.04 Å². The van der Waals surface area contributed by atoms with E-state index in [0.29, 0.717) is 28.2 Å². The largest absolute Gasteiger partial charge is 0.485 e. The Balaban J connectivity index is 1.58. The standard InChI is InChI=1S/C21H21N3O4/c1-13(2)24(11-19-22-15-8-4-3-7-14(15)20(25)23-19)21(26)18-12-27-16-9-5-6-10-17(16)28-18/h3-10,13,18H,11-12H2,1-2H3,(H,22,23,25)/t18-/m1/s1. The Morgan fingerprint density at radius 1 is 1.18 bits per heavy atom. The molecule has 144 valence electrons. The van der Waals surface area contributed by atoms with Crippen LogP contribution in [0.1, 0.15) is 19.7 Å². The molecule has 1 N–H and O–H groups in total. The van der Waals surface area contributed by atoms with Gasteiger partial charge in [-0.2, -0.15) is 0 Å². The summed E-state index contributed by atoms with van der Waals surface area (Å²) in [7, 11) is 0. The topological polar surface area (TPSA) is 84.5 Å². The number of amides is 1. The van der Waals surface area contributed by atoms with Crippen molar-refractivity contribution >= 4 is 16.8 Å². The van der Waals surface area contributed by atoms with Crippen LogP contribution in [0.3, 0.4) is 0 Å². The van der Waals surface area contributed by atoms with Crippen LogP contribution in [0.2, 0.25) is 0 Å². The van der Waals surface area contributed by atoms with Crippen molar-refractivity contribution in [3.63, 3.8) is 0 Å². The van der Waals surface area contributed by atoms with E-state index in [4.69, 9.17) is 9.47 Å². The van der Waals surface area contributed by atoms with Gasteiger partial charge in [0.05, 0.1) is 17.4 Å². The van der Waals surface area contributed by atoms with E-state index in [2.05, 4.69) is 9.97 Å². The predicted octanol–water partition coefficient (Wildman–Crippen LogP) is 2.50. The van der Waals surface area contributed by atoms with Crippen LogP contribution in [0.4, 0.5) is 0 Å². The number of aromatic amines is 1. The SMILES string of the molecule is CC(C)N(Cc1nc2ccccc2c(=O)[nH]1)C(=O)[C@H]1COc2ccccc2O1. The highest BCUT2D eigenvalue weighted by atomic mass is 16.6. The first-order valence-electron chi connectivity index (χ1n) is 9.20. The molecule has 1 atom stereocenters. The smallest absolute Gasteiger partial charge is 0.267 e. The van der Waals surface area contributed by atoms with E-state index in [1.807, 2.05) is 32.0 Å². The lowest BCUT2D eigenvalue weighted by molar-refractivity contribution is -0.143. The quantitative estimate of drug-likeness (QED) is 0.753. The van der Waals surface area contributed by atoms with Crippen LogP contribution >= 0.6 is 0 Å². The monoisotopic (exact) mass is 379 g/mol. The molecule has 1 aliphatic heterocycles. The van der Waals surface area contributed by atoms with Crippen molar-refractivity contribution in [1.82, 2.24) is 14.9 Å². The lowest BCUT2D eigenvalue weighted by Gasteiger charge is -2.32. The van der Waals surface area contributed by atoms with E-state index >= 15 is 0 Å². The lowest BCUT2D eigenvalue weighted by atomic mass is 10.2. The Kier molecular flexibility index (Phi) is 4.73. The second kappa shape index (κ2) is 7.34. The summed E-state index contributed by atoms with van der Waals surface area (Å²) in [6.07, 6.45) is -0.746. The predicted molar refractivity (Wildman–Crippen MR) is 104 cm³/mol. The van der Waals surface area contributed by atoms with Gasteiger partial charge in [-0.3, -0.25) is 9.59 Å². The van der Waals surface area contributed by atoms with Crippen LogP contribution in [-0.2, 0) is 11.3 Å². The normalized spacial score (nSPS) is 15.6. The van der Waals surface area contributed by atoms with Crippen molar-refractivity contribution in [3.8, 4) is 11.5 Å². The van der Waals surface area contributed by atoms with Gasteiger partial charge in [0.1, 0.15) is 12.4 Å². The number of carbonyl (C=O) groups excluding carboxylic acids is 1. The maximum absolute atomic E-state index is 13.1. The molecule has 3 aromatic rings. The molecule has 2 aromatic carbocycles. The van der Waals surface area contributed by atoms with Gasteiger partial charge in [-0.25, -0.2) is 4.98 Å². The van der Waals surface area contributed by atoms with E-state index in [-0.39, 0.29) is 30.7 Å². The minimum Gasteiger partial charge on any atom is -0.485 e. The molecular weight excluding hydrogens is 358 g/mol. The number of hydrogen-bond donors (Lipinski definition) is 1. The van der Waals surface area contributed by atoms with Gasteiger partial charge in [-0.15, -0.1) is 0 Å². The maximum Gasteiger partial charge on any atom is 0.267 e. The Labute approximate surface area is 161 Å². The molecular formula is C21H21N3O4. The fraction of sp³-hybridized carbons (Fsp3) is 0.286. The molecule has 7 nitrogen and oxygen atoms in total. The number of benzene rings is 2. The molecule has 0 unspecified atom stereocenters. The first-order chi connectivity index (χ1) is 13.5. The number of nitrogens with zero attached hydrogens (tertiary/aromatic N) is 2. The zero-order valence-corrected chi connectivity index (χ0v) is 15.7. The third kappa shape index (κ3) is 3.43. The summed E-state index contributed by atoms with van der Waals surface area (Å²) in [6.45, 7) is 4.14. The Hall–Kier alpha value is -3.35. The summed E-state index contributed by atoms with van der Waals surface area (Å²) in [5.41, 5.74) is 0.381. The van der Waals surface area contributed by atoms with Crippen molar-refractivity contribution < 1.29 is 14.3 Å². The first kappa shape index (κ1) is 18.0. The van der Waals surface area contributed by atoms with Crippen molar-refractivity contribution in [2.75, 3.05) is 6.61 Å². The number of hydrogen-bond acceptors (Lipinski definition) is 5. The van der Waals surface area contributed by atoms with E-state index in [1.54, 1.807) is 35.2 Å². The third-order valence-corrected chi connectivity index (χ3v) is 4.67. The van der Waals surface area contributed by atoms with Gasteiger partial charge in [0.2, 0.25) is 6.10 Å². The Morgan fingerprint density at radius 3 is 2.68 bits per heavy atom. The molecule has 1 aliphatic rings. The van der Waals surface area contributed by atoms with E-state index in [0.717, 1.165) is 0 Å². The zero-order valence-electron chi connectivity index (χ0n) is 15.7. The molecule has 0 fully saturated rings. The summed E-state index contributed by atoms with van der Waals surface area (Å²) in [4.78, 5) is 34.3. The molecule has 7 heteroatoms. The van der Waals surface area contributed by atoms with E-state index in [1.165, 1.54) is 0 Å². The summed E-state index contributed by atoms with van der Waals surface area (Å²) in [5.74, 6) is 1.40. The number of aromatic nitrogens is 2. The molecule has 0 aliphatic carbocycles. The van der Waals surface area contributed by atoms with Crippen LogP contribution in [0.25, 0.3) is 10.9 Å². The average molecular weight is 379 g/mol. The molecule has 28 heavy (non-hydrogen) atoms. The number of para-hydroxylation sites is 3. The second-order valence-electron chi connectivity index (χ2n) is 6.95. The fourth-order valence-electron chi connectivity index (χ4n) is 3.21. The summed E-state index contributed by atoms with van der Waals surface area (Å²) >= 11 is 0. The van der Waals surface area contributed by atoms with Crippen LogP contribution in [0.5, 0.6) is 11.5 Å². The Bertz CT molecular complexity index is 1080. The van der Waals surface area contributed by atoms with Gasteiger partial charge in [0.25, 0.3) is 11.5 Å². The van der Waals surface area contributed by atoms with Crippen molar-refractivity contribution in [2.45, 2.75) is 32.5 Å². The highest BCUT2D eigenvalue weighted by Gasteiger charge is 2.32. The van der Waals surface area contributed by atoms with Gasteiger partial charge in [0.15, 0.2) is 11.5 Å². The molecule has 0 spiro atoms. The minimum absolute atomic E-state index is 0.106. The fourth-order valence-corrected chi connectivity index (χ4v) is 3.21. The van der Waals surface area contributed by atoms with Crippen LogP contribution < -0.4 is 15.0 Å². The van der Waals surface area contributed by atoms with E-state index in [9.17, 15) is 9.59 Å². The second-order valence-corrected chi connectivity index (χ2v) is 6.95. The molecule has 1 amide bonds. The minimum atomic E-state index is -0.746. The first-order valence-corrected chi connectivity index (χ1v) is 9.20. The van der Waals surface area contributed by atoms with Gasteiger partial charge in [-0.05, 0) is 38.1 Å². The average Bonchev–Trinajstić information content (AvgIpc) is 2.71. The molecule has 0 radical (unpaired) electrons. The Morgan fingerprint density at radius 2 is 1.89 bits per heavy atom. The molecule has 0 saturated carbocycles. The van der Waals surface area contributed by atoms with Crippen molar-refractivity contribution in [1.29, 1.82) is 0 Å². The van der Waals surface area contributed by atoms with Crippen LogP contribution in [-0.4, -0.2) is 39.5 Å². The van der Waals surface area contributed by atoms with Crippen LogP contribution in [0.15, 0.2) is 53.3 Å². The third-order valence-electron chi connectivity index (χ3n) is 4.67. The summed E-state index contributed by atoms with van der Waals surface area (Å²) in [6, 6.07) is 14.3. The number of ether oxygens (including phenoxy) is 2. The molecule has 0 bridgehead atoms. The molecule has 2 heterocycles. The molecule has 0 saturated heterocycles. The zero-order chi connectivity index (χ0) is 19.7. The van der Waals surface area contributed by atoms with E-state index < -0.39 is 6.10 Å². The number of carbonyl (C=O) groups is 1. The van der Waals surface area contributed by atoms with Crippen LogP contribution in [0, 0.1) is 0 Å². The number of rotatable bonds is 4.